The van der Waals surface area contributed by atoms with Gasteiger partial charge in [0.2, 0.25) is 0 Å². The Balaban J connectivity index is 1.70. The number of piperidine rings is 1. The van der Waals surface area contributed by atoms with E-state index in [0.717, 1.165) is 17.7 Å². The molecule has 0 aliphatic carbocycles. The van der Waals surface area contributed by atoms with E-state index in [9.17, 15) is 10.1 Å². The maximum absolute atomic E-state index is 12.3. The average Bonchev–Trinajstić information content (AvgIpc) is 2.67. The molecule has 1 aliphatic heterocycles. The number of likely N-dealkylation sites (tertiary alicyclic amines) is 1. The van der Waals surface area contributed by atoms with Crippen LogP contribution >= 0.6 is 35.0 Å². The first-order valence-electron chi connectivity index (χ1n) is 9.95. The van der Waals surface area contributed by atoms with Gasteiger partial charge in [-0.1, -0.05) is 23.2 Å². The molecule has 164 valence electrons. The molecule has 2 aromatic carbocycles. The van der Waals surface area contributed by atoms with Crippen LogP contribution in [-0.2, 0) is 4.74 Å². The van der Waals surface area contributed by atoms with Gasteiger partial charge in [0.25, 0.3) is 0 Å². The number of benzene rings is 2. The molecule has 3 rings (SSSR count). The van der Waals surface area contributed by atoms with E-state index in [4.69, 9.17) is 32.7 Å². The second-order valence-corrected chi connectivity index (χ2v) is 10.5. The summed E-state index contributed by atoms with van der Waals surface area (Å²) in [6, 6.07) is 12.5. The number of carbonyl (C=O) groups is 1. The van der Waals surface area contributed by atoms with Crippen LogP contribution in [0.4, 0.5) is 4.79 Å². The van der Waals surface area contributed by atoms with Gasteiger partial charge in [-0.15, -0.1) is 11.8 Å². The van der Waals surface area contributed by atoms with Gasteiger partial charge in [-0.25, -0.2) is 4.79 Å². The van der Waals surface area contributed by atoms with Crippen molar-refractivity contribution in [1.29, 1.82) is 5.26 Å². The molecule has 5 nitrogen and oxygen atoms in total. The molecule has 1 heterocycles. The third-order valence-electron chi connectivity index (χ3n) is 4.52. The van der Waals surface area contributed by atoms with Crippen LogP contribution in [0.25, 0.3) is 0 Å². The molecule has 0 aromatic heterocycles. The van der Waals surface area contributed by atoms with Crippen molar-refractivity contribution in [3.8, 4) is 17.6 Å². The Morgan fingerprint density at radius 1 is 1.13 bits per heavy atom. The molecule has 1 aliphatic rings. The number of nitrogens with zero attached hydrogens (tertiary/aromatic N) is 2. The van der Waals surface area contributed by atoms with Gasteiger partial charge in [-0.05, 0) is 70.0 Å². The zero-order valence-corrected chi connectivity index (χ0v) is 20.0. The highest BCUT2D eigenvalue weighted by atomic mass is 35.5. The topological polar surface area (TPSA) is 62.6 Å². The summed E-state index contributed by atoms with van der Waals surface area (Å²) >= 11 is 13.8. The van der Waals surface area contributed by atoms with Gasteiger partial charge in [0.15, 0.2) is 0 Å². The van der Waals surface area contributed by atoms with Gasteiger partial charge in [0.05, 0.1) is 16.5 Å². The summed E-state index contributed by atoms with van der Waals surface area (Å²) in [5.41, 5.74) is 0.0563. The molecule has 2 aromatic rings. The van der Waals surface area contributed by atoms with Crippen LogP contribution in [-0.4, -0.2) is 34.9 Å². The standard InChI is InChI=1S/C23H24Cl2N2O3S/c1-23(2,3)30-22(28)27-8-6-19(7-9-27)31-21-10-15(14-26)4-5-20(21)29-18-12-16(24)11-17(25)13-18/h4-5,10-13,19H,6-9H2,1-3H3. The molecule has 0 N–H and O–H groups in total. The Hall–Kier alpha value is -2.07. The smallest absolute Gasteiger partial charge is 0.410 e. The monoisotopic (exact) mass is 478 g/mol. The van der Waals surface area contributed by atoms with E-state index in [1.54, 1.807) is 47.0 Å². The Bertz CT molecular complexity index is 973. The lowest BCUT2D eigenvalue weighted by Crippen LogP contribution is -2.42. The summed E-state index contributed by atoms with van der Waals surface area (Å²) in [5, 5.41) is 10.6. The molecule has 1 amide bonds. The first kappa shape index (κ1) is 23.6. The van der Waals surface area contributed by atoms with Gasteiger partial charge in [0.1, 0.15) is 17.1 Å². The normalized spacial score (nSPS) is 14.8. The number of thioether (sulfide) groups is 1. The zero-order chi connectivity index (χ0) is 22.6. The van der Waals surface area contributed by atoms with Crippen LogP contribution in [0.15, 0.2) is 41.3 Å². The van der Waals surface area contributed by atoms with E-state index in [0.29, 0.717) is 40.2 Å². The lowest BCUT2D eigenvalue weighted by molar-refractivity contribution is 0.0219. The van der Waals surface area contributed by atoms with E-state index in [1.807, 2.05) is 26.8 Å². The molecule has 31 heavy (non-hydrogen) atoms. The zero-order valence-electron chi connectivity index (χ0n) is 17.7. The quantitative estimate of drug-likeness (QED) is 0.466. The fourth-order valence-electron chi connectivity index (χ4n) is 3.13. The van der Waals surface area contributed by atoms with Gasteiger partial charge in [0, 0.05) is 28.4 Å². The molecule has 0 bridgehead atoms. The second-order valence-electron chi connectivity index (χ2n) is 8.27. The molecular weight excluding hydrogens is 455 g/mol. The van der Waals surface area contributed by atoms with Crippen LogP contribution in [0.1, 0.15) is 39.2 Å². The third-order valence-corrected chi connectivity index (χ3v) is 6.34. The van der Waals surface area contributed by atoms with Crippen LogP contribution in [0.3, 0.4) is 0 Å². The summed E-state index contributed by atoms with van der Waals surface area (Å²) < 4.78 is 11.5. The van der Waals surface area contributed by atoms with E-state index >= 15 is 0 Å². The SMILES string of the molecule is CC(C)(C)OC(=O)N1CCC(Sc2cc(C#N)ccc2Oc2cc(Cl)cc(Cl)c2)CC1. The average molecular weight is 479 g/mol. The first-order chi connectivity index (χ1) is 14.6. The Morgan fingerprint density at radius 3 is 2.35 bits per heavy atom. The summed E-state index contributed by atoms with van der Waals surface area (Å²) in [5.74, 6) is 1.17. The van der Waals surface area contributed by atoms with Crippen LogP contribution < -0.4 is 4.74 Å². The maximum Gasteiger partial charge on any atom is 0.410 e. The minimum atomic E-state index is -0.504. The predicted molar refractivity (Wildman–Crippen MR) is 124 cm³/mol. The first-order valence-corrected chi connectivity index (χ1v) is 11.6. The molecule has 1 saturated heterocycles. The number of carbonyl (C=O) groups excluding carboxylic acids is 1. The van der Waals surface area contributed by atoms with Crippen molar-refractivity contribution < 1.29 is 14.3 Å². The fourth-order valence-corrected chi connectivity index (χ4v) is 4.86. The van der Waals surface area contributed by atoms with Crippen molar-refractivity contribution in [2.24, 2.45) is 0 Å². The lowest BCUT2D eigenvalue weighted by Gasteiger charge is -2.33. The fraction of sp³-hybridized carbons (Fsp3) is 0.391. The second kappa shape index (κ2) is 10.0. The molecule has 8 heteroatoms. The van der Waals surface area contributed by atoms with E-state index in [-0.39, 0.29) is 11.3 Å². The highest BCUT2D eigenvalue weighted by Crippen LogP contribution is 2.39. The molecular formula is C23H24Cl2N2O3S. The number of nitriles is 1. The molecule has 0 saturated carbocycles. The van der Waals surface area contributed by atoms with Crippen molar-refractivity contribution in [3.63, 3.8) is 0 Å². The molecule has 1 fully saturated rings. The van der Waals surface area contributed by atoms with Crippen molar-refractivity contribution >= 4 is 41.1 Å². The Labute approximate surface area is 197 Å². The molecule has 0 unspecified atom stereocenters. The van der Waals surface area contributed by atoms with Crippen LogP contribution in [0.2, 0.25) is 10.0 Å². The van der Waals surface area contributed by atoms with Gasteiger partial charge < -0.3 is 14.4 Å². The summed E-state index contributed by atoms with van der Waals surface area (Å²) in [6.45, 7) is 6.86. The van der Waals surface area contributed by atoms with Gasteiger partial charge in [-0.2, -0.15) is 5.26 Å². The summed E-state index contributed by atoms with van der Waals surface area (Å²) in [7, 11) is 0. The van der Waals surface area contributed by atoms with Crippen LogP contribution in [0.5, 0.6) is 11.5 Å². The van der Waals surface area contributed by atoms with Crippen molar-refractivity contribution in [2.75, 3.05) is 13.1 Å². The lowest BCUT2D eigenvalue weighted by atomic mass is 10.1. The van der Waals surface area contributed by atoms with E-state index in [1.165, 1.54) is 0 Å². The minimum absolute atomic E-state index is 0.274. The highest BCUT2D eigenvalue weighted by molar-refractivity contribution is 8.00. The Kier molecular flexibility index (Phi) is 7.64. The number of hydrogen-bond donors (Lipinski definition) is 0. The molecule has 0 radical (unpaired) electrons. The number of hydrogen-bond acceptors (Lipinski definition) is 5. The number of ether oxygens (including phenoxy) is 2. The third kappa shape index (κ3) is 6.96. The Morgan fingerprint density at radius 2 is 1.77 bits per heavy atom. The van der Waals surface area contributed by atoms with E-state index < -0.39 is 5.60 Å². The number of halogens is 2. The van der Waals surface area contributed by atoms with Crippen molar-refractivity contribution in [2.45, 2.75) is 49.4 Å². The maximum atomic E-state index is 12.3. The number of amides is 1. The summed E-state index contributed by atoms with van der Waals surface area (Å²) in [4.78, 5) is 14.9. The van der Waals surface area contributed by atoms with Gasteiger partial charge >= 0.3 is 6.09 Å². The van der Waals surface area contributed by atoms with Crippen LogP contribution in [0, 0.1) is 11.3 Å². The van der Waals surface area contributed by atoms with Crippen molar-refractivity contribution in [1.82, 2.24) is 4.90 Å². The van der Waals surface area contributed by atoms with Crippen molar-refractivity contribution in [3.05, 3.63) is 52.0 Å². The van der Waals surface area contributed by atoms with E-state index in [2.05, 4.69) is 6.07 Å². The van der Waals surface area contributed by atoms with Gasteiger partial charge in [-0.3, -0.25) is 0 Å². The largest absolute Gasteiger partial charge is 0.456 e. The summed E-state index contributed by atoms with van der Waals surface area (Å²) in [6.07, 6.45) is 1.37. The highest BCUT2D eigenvalue weighted by Gasteiger charge is 2.28. The minimum Gasteiger partial charge on any atom is -0.456 e. The molecule has 0 atom stereocenters. The predicted octanol–water partition coefficient (Wildman–Crippen LogP) is 7.15. The number of rotatable bonds is 4. The molecule has 0 spiro atoms.